The predicted octanol–water partition coefficient (Wildman–Crippen LogP) is 2.86. The lowest BCUT2D eigenvalue weighted by Gasteiger charge is -2.22. The molecular formula is C17H24N4O2S. The monoisotopic (exact) mass is 348 g/mol. The molecule has 0 radical (unpaired) electrons. The van der Waals surface area contributed by atoms with E-state index < -0.39 is 11.8 Å². The molecule has 2 heterocycles. The Labute approximate surface area is 146 Å². The van der Waals surface area contributed by atoms with Gasteiger partial charge in [-0.1, -0.05) is 13.8 Å². The summed E-state index contributed by atoms with van der Waals surface area (Å²) in [6.45, 7) is 9.95. The zero-order valence-electron chi connectivity index (χ0n) is 14.9. The van der Waals surface area contributed by atoms with Crippen LogP contribution in [0.3, 0.4) is 0 Å². The molecule has 0 saturated carbocycles. The number of hydrogen-bond acceptors (Lipinski definition) is 4. The number of carbonyl (C=O) groups is 2. The van der Waals surface area contributed by atoms with Crippen LogP contribution in [0.5, 0.6) is 0 Å². The number of anilines is 1. The van der Waals surface area contributed by atoms with E-state index >= 15 is 0 Å². The molecule has 0 aliphatic rings. The van der Waals surface area contributed by atoms with Gasteiger partial charge in [0.15, 0.2) is 0 Å². The first-order chi connectivity index (χ1) is 11.2. The van der Waals surface area contributed by atoms with E-state index in [-0.39, 0.29) is 12.0 Å². The second-order valence-electron chi connectivity index (χ2n) is 6.31. The van der Waals surface area contributed by atoms with Crippen LogP contribution in [0.15, 0.2) is 12.1 Å². The maximum absolute atomic E-state index is 12.3. The van der Waals surface area contributed by atoms with Gasteiger partial charge in [-0.3, -0.25) is 14.3 Å². The molecule has 0 unspecified atom stereocenters. The highest BCUT2D eigenvalue weighted by atomic mass is 32.1. The van der Waals surface area contributed by atoms with Gasteiger partial charge < -0.3 is 10.6 Å². The van der Waals surface area contributed by atoms with Crippen molar-refractivity contribution < 1.29 is 9.59 Å². The Balaban J connectivity index is 2.11. The fourth-order valence-corrected chi connectivity index (χ4v) is 3.64. The summed E-state index contributed by atoms with van der Waals surface area (Å²) in [6.07, 6.45) is 0. The third-order valence-corrected chi connectivity index (χ3v) is 4.80. The quantitative estimate of drug-likeness (QED) is 0.834. The Kier molecular flexibility index (Phi) is 5.43. The molecule has 0 saturated heterocycles. The summed E-state index contributed by atoms with van der Waals surface area (Å²) < 4.78 is 1.53. The standard InChI is InChI=1S/C17H24N4O2S/c1-9(2)15(13-8-11(4)24-12(13)5)19-17(23)16(22)18-14-7-10(3)20-21(14)6/h7-9,15H,1-6H3,(H,18,22)(H,19,23)/t15-/m1/s1. The largest absolute Gasteiger partial charge is 0.341 e. The number of rotatable bonds is 4. The number of amides is 2. The van der Waals surface area contributed by atoms with Gasteiger partial charge >= 0.3 is 11.8 Å². The lowest BCUT2D eigenvalue weighted by atomic mass is 9.96. The molecule has 0 aliphatic carbocycles. The van der Waals surface area contributed by atoms with Gasteiger partial charge in [0.25, 0.3) is 0 Å². The van der Waals surface area contributed by atoms with Crippen molar-refractivity contribution in [1.82, 2.24) is 15.1 Å². The summed E-state index contributed by atoms with van der Waals surface area (Å²) in [5, 5.41) is 9.60. The van der Waals surface area contributed by atoms with E-state index in [0.29, 0.717) is 5.82 Å². The maximum atomic E-state index is 12.3. The van der Waals surface area contributed by atoms with Gasteiger partial charge in [-0.05, 0) is 38.3 Å². The van der Waals surface area contributed by atoms with E-state index in [1.54, 1.807) is 24.5 Å². The highest BCUT2D eigenvalue weighted by Crippen LogP contribution is 2.30. The molecular weight excluding hydrogens is 324 g/mol. The molecule has 1 atom stereocenters. The molecule has 2 aromatic rings. The van der Waals surface area contributed by atoms with Gasteiger partial charge in [0.1, 0.15) is 5.82 Å². The minimum atomic E-state index is -0.687. The number of nitrogens with one attached hydrogen (secondary N) is 2. The molecule has 0 fully saturated rings. The van der Waals surface area contributed by atoms with Crippen molar-refractivity contribution in [3.05, 3.63) is 33.1 Å². The zero-order valence-corrected chi connectivity index (χ0v) is 15.7. The molecule has 0 bridgehead atoms. The normalized spacial score (nSPS) is 12.3. The molecule has 6 nitrogen and oxygen atoms in total. The van der Waals surface area contributed by atoms with Gasteiger partial charge in [-0.25, -0.2) is 0 Å². The average Bonchev–Trinajstić information content (AvgIpc) is 2.96. The summed E-state index contributed by atoms with van der Waals surface area (Å²) in [7, 11) is 1.72. The van der Waals surface area contributed by atoms with E-state index in [1.165, 1.54) is 9.56 Å². The Morgan fingerprint density at radius 2 is 1.83 bits per heavy atom. The average molecular weight is 348 g/mol. The smallest absolute Gasteiger partial charge is 0.314 e. The summed E-state index contributed by atoms with van der Waals surface area (Å²) in [5.74, 6) is -0.659. The fourth-order valence-electron chi connectivity index (χ4n) is 2.67. The van der Waals surface area contributed by atoms with Crippen LogP contribution in [0, 0.1) is 26.7 Å². The van der Waals surface area contributed by atoms with Gasteiger partial charge in [0.2, 0.25) is 0 Å². The van der Waals surface area contributed by atoms with Crippen molar-refractivity contribution >= 4 is 29.0 Å². The van der Waals surface area contributed by atoms with Crippen molar-refractivity contribution in [2.24, 2.45) is 13.0 Å². The Hall–Kier alpha value is -2.15. The highest BCUT2D eigenvalue weighted by Gasteiger charge is 2.25. The number of aromatic nitrogens is 2. The lowest BCUT2D eigenvalue weighted by Crippen LogP contribution is -2.39. The molecule has 24 heavy (non-hydrogen) atoms. The number of hydrogen-bond donors (Lipinski definition) is 2. The summed E-state index contributed by atoms with van der Waals surface area (Å²) in [6, 6.07) is 3.60. The summed E-state index contributed by atoms with van der Waals surface area (Å²) in [5.41, 5.74) is 1.85. The molecule has 7 heteroatoms. The Morgan fingerprint density at radius 3 is 2.29 bits per heavy atom. The first-order valence-electron chi connectivity index (χ1n) is 7.88. The Bertz CT molecular complexity index is 761. The second kappa shape index (κ2) is 7.17. The molecule has 0 spiro atoms. The molecule has 2 rings (SSSR count). The van der Waals surface area contributed by atoms with E-state index in [0.717, 1.165) is 16.1 Å². The van der Waals surface area contributed by atoms with Crippen molar-refractivity contribution in [3.63, 3.8) is 0 Å². The molecule has 2 amide bonds. The zero-order chi connectivity index (χ0) is 18.0. The van der Waals surface area contributed by atoms with E-state index in [9.17, 15) is 9.59 Å². The SMILES string of the molecule is Cc1cc(NC(=O)C(=O)N[C@@H](c2cc(C)sc2C)C(C)C)n(C)n1. The van der Waals surface area contributed by atoms with Gasteiger partial charge in [0.05, 0.1) is 11.7 Å². The summed E-state index contributed by atoms with van der Waals surface area (Å²) in [4.78, 5) is 26.9. The first-order valence-corrected chi connectivity index (χ1v) is 8.70. The molecule has 130 valence electrons. The van der Waals surface area contributed by atoms with Crippen LogP contribution in [0.2, 0.25) is 0 Å². The topological polar surface area (TPSA) is 76.0 Å². The minimum absolute atomic E-state index is 0.174. The van der Waals surface area contributed by atoms with Crippen LogP contribution in [-0.4, -0.2) is 21.6 Å². The lowest BCUT2D eigenvalue weighted by molar-refractivity contribution is -0.136. The predicted molar refractivity (Wildman–Crippen MR) is 96.1 cm³/mol. The molecule has 0 aliphatic heterocycles. The van der Waals surface area contributed by atoms with E-state index in [2.05, 4.69) is 21.8 Å². The molecule has 2 aromatic heterocycles. The number of carbonyl (C=O) groups excluding carboxylic acids is 2. The van der Waals surface area contributed by atoms with Crippen LogP contribution in [0.25, 0.3) is 0 Å². The van der Waals surface area contributed by atoms with Crippen molar-refractivity contribution in [1.29, 1.82) is 0 Å². The van der Waals surface area contributed by atoms with Crippen LogP contribution in [-0.2, 0) is 16.6 Å². The summed E-state index contributed by atoms with van der Waals surface area (Å²) >= 11 is 1.69. The van der Waals surface area contributed by atoms with Crippen LogP contribution < -0.4 is 10.6 Å². The van der Waals surface area contributed by atoms with Gasteiger partial charge in [0, 0.05) is 22.9 Å². The maximum Gasteiger partial charge on any atom is 0.314 e. The highest BCUT2D eigenvalue weighted by molar-refractivity contribution is 7.12. The van der Waals surface area contributed by atoms with Gasteiger partial charge in [-0.2, -0.15) is 5.10 Å². The van der Waals surface area contributed by atoms with Crippen LogP contribution in [0.4, 0.5) is 5.82 Å². The second-order valence-corrected chi connectivity index (χ2v) is 7.77. The number of aryl methyl sites for hydroxylation is 4. The third-order valence-electron chi connectivity index (χ3n) is 3.82. The fraction of sp³-hybridized carbons (Fsp3) is 0.471. The third kappa shape index (κ3) is 4.03. The van der Waals surface area contributed by atoms with Gasteiger partial charge in [-0.15, -0.1) is 11.3 Å². The first kappa shape index (κ1) is 18.2. The number of thiophene rings is 1. The minimum Gasteiger partial charge on any atom is -0.341 e. The molecule has 0 aromatic carbocycles. The number of nitrogens with zero attached hydrogens (tertiary/aromatic N) is 2. The Morgan fingerprint density at radius 1 is 1.17 bits per heavy atom. The van der Waals surface area contributed by atoms with Crippen molar-refractivity contribution in [2.75, 3.05) is 5.32 Å². The van der Waals surface area contributed by atoms with Crippen molar-refractivity contribution in [2.45, 2.75) is 40.7 Å². The van der Waals surface area contributed by atoms with E-state index in [4.69, 9.17) is 0 Å². The van der Waals surface area contributed by atoms with Crippen LogP contribution in [0.1, 0.15) is 40.9 Å². The van der Waals surface area contributed by atoms with E-state index in [1.807, 2.05) is 34.6 Å². The van der Waals surface area contributed by atoms with Crippen LogP contribution >= 0.6 is 11.3 Å². The molecule has 2 N–H and O–H groups in total. The van der Waals surface area contributed by atoms with Crippen molar-refractivity contribution in [3.8, 4) is 0 Å².